The van der Waals surface area contributed by atoms with Crippen LogP contribution in [0.4, 0.5) is 4.39 Å². The van der Waals surface area contributed by atoms with Crippen LogP contribution in [0.5, 0.6) is 0 Å². The van der Waals surface area contributed by atoms with Crippen LogP contribution in [0, 0.1) is 12.7 Å². The first-order chi connectivity index (χ1) is 17.5. The van der Waals surface area contributed by atoms with Crippen LogP contribution in [0.3, 0.4) is 0 Å². The number of fused-ring (bicyclic) bond motifs is 1. The van der Waals surface area contributed by atoms with Crippen molar-refractivity contribution in [2.45, 2.75) is 50.6 Å². The lowest BCUT2D eigenvalue weighted by Gasteiger charge is -2.41. The number of aryl methyl sites for hydroxylation is 1. The Hall–Kier alpha value is -4.07. The average Bonchev–Trinajstić information content (AvgIpc) is 3.29. The van der Waals surface area contributed by atoms with E-state index in [0.717, 1.165) is 47.1 Å². The first-order valence-corrected chi connectivity index (χ1v) is 12.1. The van der Waals surface area contributed by atoms with E-state index in [1.54, 1.807) is 30.5 Å². The van der Waals surface area contributed by atoms with E-state index in [1.807, 2.05) is 31.2 Å². The maximum absolute atomic E-state index is 14.4. The smallest absolute Gasteiger partial charge is 0.251 e. The van der Waals surface area contributed by atoms with Crippen molar-refractivity contribution in [2.24, 2.45) is 0 Å². The minimum absolute atomic E-state index is 0.146. The van der Waals surface area contributed by atoms with E-state index in [4.69, 9.17) is 0 Å². The minimum Gasteiger partial charge on any atom is -0.353 e. The third-order valence-corrected chi connectivity index (χ3v) is 7.03. The molecule has 1 aliphatic rings. The summed E-state index contributed by atoms with van der Waals surface area (Å²) in [5, 5.41) is 14.4. The Balaban J connectivity index is 1.36. The Bertz CT molecular complexity index is 1420. The summed E-state index contributed by atoms with van der Waals surface area (Å²) >= 11 is 0. The second kappa shape index (κ2) is 9.89. The Morgan fingerprint density at radius 1 is 1.22 bits per heavy atom. The van der Waals surface area contributed by atoms with Crippen LogP contribution in [-0.2, 0) is 11.2 Å². The molecule has 0 saturated heterocycles. The molecule has 1 aliphatic carbocycles. The van der Waals surface area contributed by atoms with Crippen molar-refractivity contribution < 1.29 is 14.0 Å². The number of nitrogens with zero attached hydrogens (tertiary/aromatic N) is 2. The van der Waals surface area contributed by atoms with Gasteiger partial charge in [0.25, 0.3) is 5.91 Å². The maximum Gasteiger partial charge on any atom is 0.251 e. The minimum atomic E-state index is -0.610. The number of aromatic amines is 1. The molecule has 1 fully saturated rings. The van der Waals surface area contributed by atoms with Gasteiger partial charge in [0.1, 0.15) is 11.5 Å². The van der Waals surface area contributed by atoms with Crippen LogP contribution in [0.15, 0.2) is 60.8 Å². The zero-order valence-electron chi connectivity index (χ0n) is 20.1. The molecule has 0 spiro atoms. The number of aromatic nitrogens is 3. The van der Waals surface area contributed by atoms with E-state index in [1.165, 1.54) is 6.07 Å². The molecule has 2 amide bonds. The van der Waals surface area contributed by atoms with E-state index in [2.05, 4.69) is 25.8 Å². The summed E-state index contributed by atoms with van der Waals surface area (Å²) in [6.45, 7) is 1.92. The molecule has 5 rings (SSSR count). The Morgan fingerprint density at radius 3 is 2.89 bits per heavy atom. The third-order valence-electron chi connectivity index (χ3n) is 7.03. The van der Waals surface area contributed by atoms with Gasteiger partial charge >= 0.3 is 0 Å². The molecule has 8 heteroatoms. The monoisotopic (exact) mass is 485 g/mol. The van der Waals surface area contributed by atoms with E-state index in [-0.39, 0.29) is 17.8 Å². The quantitative estimate of drug-likeness (QED) is 0.336. The number of amides is 2. The molecule has 2 atom stereocenters. The highest BCUT2D eigenvalue weighted by atomic mass is 19.1. The second-order valence-corrected chi connectivity index (χ2v) is 9.60. The van der Waals surface area contributed by atoms with Crippen molar-refractivity contribution in [3.05, 3.63) is 83.4 Å². The summed E-state index contributed by atoms with van der Waals surface area (Å²) < 4.78 is 14.4. The standard InChI is InChI=1S/C28H28FN5O2/c1-18-13-19(10-12-30-18)26-23-14-20(8-9-25(23)33-34-26)27(36)32-22-6-4-11-28(16-22,31-17-35)15-21-5-2-3-7-24(21)29/h2-3,5,7-10,12-14,17,22H,4,6,11,15-16H2,1H3,(H,31,35)(H,32,36)(H,33,34)/t22-,28-/m1/s1. The van der Waals surface area contributed by atoms with Gasteiger partial charge in [-0.3, -0.25) is 19.7 Å². The normalized spacial score (nSPS) is 19.7. The fourth-order valence-corrected chi connectivity index (χ4v) is 5.30. The summed E-state index contributed by atoms with van der Waals surface area (Å²) in [6.07, 6.45) is 5.66. The highest BCUT2D eigenvalue weighted by Crippen LogP contribution is 2.33. The Morgan fingerprint density at radius 2 is 2.08 bits per heavy atom. The second-order valence-electron chi connectivity index (χ2n) is 9.60. The van der Waals surface area contributed by atoms with Gasteiger partial charge in [-0.15, -0.1) is 0 Å². The van der Waals surface area contributed by atoms with E-state index < -0.39 is 5.54 Å². The summed E-state index contributed by atoms with van der Waals surface area (Å²) in [4.78, 5) is 29.0. The van der Waals surface area contributed by atoms with Crippen LogP contribution >= 0.6 is 0 Å². The van der Waals surface area contributed by atoms with Gasteiger partial charge in [-0.1, -0.05) is 18.2 Å². The number of H-pyrrole nitrogens is 1. The summed E-state index contributed by atoms with van der Waals surface area (Å²) in [5.41, 5.74) is 3.90. The van der Waals surface area contributed by atoms with Gasteiger partial charge in [0, 0.05) is 40.0 Å². The number of benzene rings is 2. The van der Waals surface area contributed by atoms with Gasteiger partial charge < -0.3 is 10.6 Å². The van der Waals surface area contributed by atoms with Crippen molar-refractivity contribution in [1.29, 1.82) is 0 Å². The fourth-order valence-electron chi connectivity index (χ4n) is 5.30. The van der Waals surface area contributed by atoms with Crippen molar-refractivity contribution >= 4 is 23.2 Å². The predicted octanol–water partition coefficient (Wildman–Crippen LogP) is 4.47. The number of rotatable bonds is 7. The highest BCUT2D eigenvalue weighted by Gasteiger charge is 2.37. The lowest BCUT2D eigenvalue weighted by Crippen LogP contribution is -2.54. The molecule has 4 aromatic rings. The van der Waals surface area contributed by atoms with Crippen molar-refractivity contribution in [3.63, 3.8) is 0 Å². The first kappa shape index (κ1) is 23.7. The number of halogens is 1. The average molecular weight is 486 g/mol. The largest absolute Gasteiger partial charge is 0.353 e. The van der Waals surface area contributed by atoms with Gasteiger partial charge in [0.05, 0.1) is 5.52 Å². The molecule has 0 unspecified atom stereocenters. The Labute approximate surface area is 208 Å². The molecule has 3 N–H and O–H groups in total. The van der Waals surface area contributed by atoms with Crippen LogP contribution in [0.25, 0.3) is 22.2 Å². The van der Waals surface area contributed by atoms with E-state index in [0.29, 0.717) is 30.4 Å². The van der Waals surface area contributed by atoms with Crippen molar-refractivity contribution in [2.75, 3.05) is 0 Å². The van der Waals surface area contributed by atoms with E-state index >= 15 is 0 Å². The highest BCUT2D eigenvalue weighted by molar-refractivity contribution is 6.01. The zero-order chi connectivity index (χ0) is 25.1. The fraction of sp³-hybridized carbons (Fsp3) is 0.286. The van der Waals surface area contributed by atoms with Crippen LogP contribution < -0.4 is 10.6 Å². The topological polar surface area (TPSA) is 99.8 Å². The molecule has 0 aliphatic heterocycles. The van der Waals surface area contributed by atoms with E-state index in [9.17, 15) is 14.0 Å². The van der Waals surface area contributed by atoms with Crippen molar-refractivity contribution in [3.8, 4) is 11.3 Å². The lowest BCUT2D eigenvalue weighted by molar-refractivity contribution is -0.111. The molecule has 0 radical (unpaired) electrons. The maximum atomic E-state index is 14.4. The molecule has 36 heavy (non-hydrogen) atoms. The summed E-state index contributed by atoms with van der Waals surface area (Å²) in [6, 6.07) is 15.8. The molecular weight excluding hydrogens is 457 g/mol. The van der Waals surface area contributed by atoms with Gasteiger partial charge in [-0.25, -0.2) is 4.39 Å². The molecule has 2 aromatic carbocycles. The van der Waals surface area contributed by atoms with Crippen LogP contribution in [0.1, 0.15) is 47.3 Å². The number of hydrogen-bond acceptors (Lipinski definition) is 4. The van der Waals surface area contributed by atoms with Gasteiger partial charge in [-0.05, 0) is 81.0 Å². The molecule has 2 heterocycles. The van der Waals surface area contributed by atoms with Crippen LogP contribution in [0.2, 0.25) is 0 Å². The lowest BCUT2D eigenvalue weighted by atomic mass is 9.75. The third kappa shape index (κ3) is 4.84. The summed E-state index contributed by atoms with van der Waals surface area (Å²) in [7, 11) is 0. The SMILES string of the molecule is Cc1cc(-c2n[nH]c3ccc(C(=O)N[C@@H]4CCC[C@](Cc5ccccc5F)(NC=O)C4)cc23)ccn1. The van der Waals surface area contributed by atoms with Gasteiger partial charge in [0.2, 0.25) is 6.41 Å². The number of carbonyl (C=O) groups is 2. The zero-order valence-corrected chi connectivity index (χ0v) is 20.1. The molecule has 1 saturated carbocycles. The van der Waals surface area contributed by atoms with Crippen LogP contribution in [-0.4, -0.2) is 39.1 Å². The van der Waals surface area contributed by atoms with Crippen molar-refractivity contribution in [1.82, 2.24) is 25.8 Å². The van der Waals surface area contributed by atoms with Gasteiger partial charge in [-0.2, -0.15) is 5.10 Å². The number of pyridine rings is 1. The predicted molar refractivity (Wildman–Crippen MR) is 136 cm³/mol. The molecule has 184 valence electrons. The number of carbonyl (C=O) groups excluding carboxylic acids is 2. The number of nitrogens with one attached hydrogen (secondary N) is 3. The first-order valence-electron chi connectivity index (χ1n) is 12.1. The summed E-state index contributed by atoms with van der Waals surface area (Å²) in [5.74, 6) is -0.475. The molecule has 2 aromatic heterocycles. The molecule has 7 nitrogen and oxygen atoms in total. The Kier molecular flexibility index (Phi) is 6.50. The van der Waals surface area contributed by atoms with Gasteiger partial charge in [0.15, 0.2) is 0 Å². The molecule has 0 bridgehead atoms. The number of hydrogen-bond donors (Lipinski definition) is 3. The molecular formula is C28H28FN5O2.